The van der Waals surface area contributed by atoms with E-state index in [-0.39, 0.29) is 0 Å². The van der Waals surface area contributed by atoms with Crippen molar-refractivity contribution in [2.45, 2.75) is 19.4 Å². The van der Waals surface area contributed by atoms with Gasteiger partial charge in [0.25, 0.3) is 0 Å². The van der Waals surface area contributed by atoms with Gasteiger partial charge < -0.3 is 10.1 Å². The Hall–Kier alpha value is -1.55. The highest BCUT2D eigenvalue weighted by Gasteiger charge is 2.10. The lowest BCUT2D eigenvalue weighted by Crippen LogP contribution is -2.09. The monoisotopic (exact) mass is 248 g/mol. The molecule has 1 unspecified atom stereocenters. The van der Waals surface area contributed by atoms with Crippen LogP contribution in [0.15, 0.2) is 35.8 Å². The molecule has 2 rings (SSSR count). The fraction of sp³-hybridized carbons (Fsp3) is 0.308. The van der Waals surface area contributed by atoms with Crippen molar-refractivity contribution >= 4 is 17.2 Å². The summed E-state index contributed by atoms with van der Waals surface area (Å²) >= 11 is 1.77. The minimum atomic E-state index is 0.330. The Labute approximate surface area is 105 Å². The molecule has 2 heterocycles. The van der Waals surface area contributed by atoms with Crippen molar-refractivity contribution in [3.05, 3.63) is 40.7 Å². The fourth-order valence-corrected chi connectivity index (χ4v) is 2.49. The number of pyridine rings is 1. The number of thiophene rings is 1. The number of hydrogen-bond donors (Lipinski definition) is 1. The minimum Gasteiger partial charge on any atom is -0.495 e. The largest absolute Gasteiger partial charge is 0.495 e. The van der Waals surface area contributed by atoms with Crippen molar-refractivity contribution in [1.82, 2.24) is 4.98 Å². The summed E-state index contributed by atoms with van der Waals surface area (Å²) in [4.78, 5) is 5.65. The third kappa shape index (κ3) is 2.97. The molecule has 0 aromatic carbocycles. The van der Waals surface area contributed by atoms with Crippen molar-refractivity contribution in [2.75, 3.05) is 12.4 Å². The summed E-state index contributed by atoms with van der Waals surface area (Å²) in [5.41, 5.74) is 0. The SMILES string of the molecule is CCC(Nc1ccc(OC)cn1)c1cccs1. The summed E-state index contributed by atoms with van der Waals surface area (Å²) in [5.74, 6) is 1.66. The standard InChI is InChI=1S/C13H16N2OS/c1-3-11(12-5-4-8-17-12)15-13-7-6-10(16-2)9-14-13/h4-9,11H,3H2,1-2H3,(H,14,15). The van der Waals surface area contributed by atoms with Crippen LogP contribution >= 0.6 is 11.3 Å². The van der Waals surface area contributed by atoms with Crippen LogP contribution < -0.4 is 10.1 Å². The first-order valence-corrected chi connectivity index (χ1v) is 6.51. The number of aromatic nitrogens is 1. The number of anilines is 1. The molecule has 0 fully saturated rings. The molecule has 0 saturated carbocycles. The van der Waals surface area contributed by atoms with Crippen molar-refractivity contribution < 1.29 is 4.74 Å². The van der Waals surface area contributed by atoms with E-state index in [4.69, 9.17) is 4.74 Å². The highest BCUT2D eigenvalue weighted by atomic mass is 32.1. The van der Waals surface area contributed by atoms with E-state index in [2.05, 4.69) is 34.7 Å². The van der Waals surface area contributed by atoms with Gasteiger partial charge in [-0.3, -0.25) is 0 Å². The molecule has 0 radical (unpaired) electrons. The van der Waals surface area contributed by atoms with E-state index < -0.39 is 0 Å². The molecule has 1 N–H and O–H groups in total. The highest BCUT2D eigenvalue weighted by Crippen LogP contribution is 2.25. The molecule has 2 aromatic heterocycles. The second-order valence-corrected chi connectivity index (χ2v) is 4.68. The molecule has 0 bridgehead atoms. The quantitative estimate of drug-likeness (QED) is 0.875. The molecular weight excluding hydrogens is 232 g/mol. The predicted octanol–water partition coefficient (Wildman–Crippen LogP) is 3.71. The summed E-state index contributed by atoms with van der Waals surface area (Å²) in [6.45, 7) is 2.17. The van der Waals surface area contributed by atoms with Gasteiger partial charge in [0.05, 0.1) is 19.3 Å². The molecule has 0 amide bonds. The van der Waals surface area contributed by atoms with Crippen LogP contribution in [0.4, 0.5) is 5.82 Å². The summed E-state index contributed by atoms with van der Waals surface area (Å²) in [7, 11) is 1.64. The second-order valence-electron chi connectivity index (χ2n) is 3.70. The Morgan fingerprint density at radius 1 is 1.41 bits per heavy atom. The highest BCUT2D eigenvalue weighted by molar-refractivity contribution is 7.10. The first-order valence-electron chi connectivity index (χ1n) is 5.63. The fourth-order valence-electron chi connectivity index (χ4n) is 1.63. The van der Waals surface area contributed by atoms with Crippen LogP contribution in [0.25, 0.3) is 0 Å². The molecule has 0 spiro atoms. The van der Waals surface area contributed by atoms with Crippen molar-refractivity contribution in [2.24, 2.45) is 0 Å². The van der Waals surface area contributed by atoms with Gasteiger partial charge >= 0.3 is 0 Å². The molecule has 0 aliphatic heterocycles. The minimum absolute atomic E-state index is 0.330. The van der Waals surface area contributed by atoms with Crippen molar-refractivity contribution in [3.8, 4) is 5.75 Å². The van der Waals surface area contributed by atoms with Crippen molar-refractivity contribution in [1.29, 1.82) is 0 Å². The molecule has 90 valence electrons. The van der Waals surface area contributed by atoms with E-state index in [1.54, 1.807) is 24.6 Å². The van der Waals surface area contributed by atoms with Gasteiger partial charge in [0.15, 0.2) is 0 Å². The lowest BCUT2D eigenvalue weighted by Gasteiger charge is -2.16. The first kappa shape index (κ1) is 11.9. The van der Waals surface area contributed by atoms with E-state index in [0.717, 1.165) is 18.0 Å². The smallest absolute Gasteiger partial charge is 0.137 e. The lowest BCUT2D eigenvalue weighted by molar-refractivity contribution is 0.413. The normalized spacial score (nSPS) is 12.1. The van der Waals surface area contributed by atoms with Crippen LogP contribution in [0.5, 0.6) is 5.75 Å². The Morgan fingerprint density at radius 2 is 2.29 bits per heavy atom. The Kier molecular flexibility index (Phi) is 3.98. The van der Waals surface area contributed by atoms with Crippen LogP contribution in [0.1, 0.15) is 24.3 Å². The molecular formula is C13H16N2OS. The van der Waals surface area contributed by atoms with Gasteiger partial charge in [-0.2, -0.15) is 0 Å². The van der Waals surface area contributed by atoms with Gasteiger partial charge in [-0.15, -0.1) is 11.3 Å². The van der Waals surface area contributed by atoms with E-state index in [1.165, 1.54) is 4.88 Å². The topological polar surface area (TPSA) is 34.1 Å². The Morgan fingerprint density at radius 3 is 2.82 bits per heavy atom. The molecule has 1 atom stereocenters. The van der Waals surface area contributed by atoms with Crippen LogP contribution in [0.2, 0.25) is 0 Å². The maximum absolute atomic E-state index is 5.08. The zero-order chi connectivity index (χ0) is 12.1. The molecule has 17 heavy (non-hydrogen) atoms. The zero-order valence-electron chi connectivity index (χ0n) is 10.0. The third-order valence-corrected chi connectivity index (χ3v) is 3.58. The van der Waals surface area contributed by atoms with Crippen LogP contribution in [0, 0.1) is 0 Å². The molecule has 3 nitrogen and oxygen atoms in total. The number of hydrogen-bond acceptors (Lipinski definition) is 4. The summed E-state index contributed by atoms with van der Waals surface area (Å²) in [6.07, 6.45) is 2.76. The van der Waals surface area contributed by atoms with Gasteiger partial charge in [-0.05, 0) is 30.0 Å². The molecule has 0 aliphatic rings. The zero-order valence-corrected chi connectivity index (χ0v) is 10.8. The van der Waals surface area contributed by atoms with Crippen LogP contribution in [-0.2, 0) is 0 Å². The van der Waals surface area contributed by atoms with E-state index >= 15 is 0 Å². The van der Waals surface area contributed by atoms with E-state index in [1.807, 2.05) is 12.1 Å². The summed E-state index contributed by atoms with van der Waals surface area (Å²) < 4.78 is 5.08. The number of ether oxygens (including phenoxy) is 1. The van der Waals surface area contributed by atoms with E-state index in [9.17, 15) is 0 Å². The Balaban J connectivity index is 2.07. The molecule has 2 aromatic rings. The van der Waals surface area contributed by atoms with Crippen LogP contribution in [0.3, 0.4) is 0 Å². The van der Waals surface area contributed by atoms with Gasteiger partial charge in [0.1, 0.15) is 11.6 Å². The number of methoxy groups -OCH3 is 1. The van der Waals surface area contributed by atoms with Gasteiger partial charge in [0.2, 0.25) is 0 Å². The maximum Gasteiger partial charge on any atom is 0.137 e. The van der Waals surface area contributed by atoms with Gasteiger partial charge in [-0.1, -0.05) is 13.0 Å². The predicted molar refractivity (Wildman–Crippen MR) is 71.8 cm³/mol. The van der Waals surface area contributed by atoms with Crippen molar-refractivity contribution in [3.63, 3.8) is 0 Å². The summed E-state index contributed by atoms with van der Waals surface area (Å²) in [6, 6.07) is 8.41. The Bertz CT molecular complexity index is 439. The maximum atomic E-state index is 5.08. The number of rotatable bonds is 5. The average Bonchev–Trinajstić information content (AvgIpc) is 2.90. The molecule has 0 aliphatic carbocycles. The van der Waals surface area contributed by atoms with E-state index in [0.29, 0.717) is 6.04 Å². The number of nitrogens with one attached hydrogen (secondary N) is 1. The first-order chi connectivity index (χ1) is 8.33. The average molecular weight is 248 g/mol. The second kappa shape index (κ2) is 5.68. The third-order valence-electron chi connectivity index (χ3n) is 2.59. The van der Waals surface area contributed by atoms with Gasteiger partial charge in [-0.25, -0.2) is 4.98 Å². The molecule has 4 heteroatoms. The summed E-state index contributed by atoms with van der Waals surface area (Å²) in [5, 5.41) is 5.52. The lowest BCUT2D eigenvalue weighted by atomic mass is 10.2. The molecule has 0 saturated heterocycles. The van der Waals surface area contributed by atoms with Gasteiger partial charge in [0, 0.05) is 4.88 Å². The number of nitrogens with zero attached hydrogens (tertiary/aromatic N) is 1. The van der Waals surface area contributed by atoms with Crippen LogP contribution in [-0.4, -0.2) is 12.1 Å².